The number of piperazine rings is 1. The molecule has 1 aromatic rings. The molecule has 0 aromatic heterocycles. The van der Waals surface area contributed by atoms with Gasteiger partial charge in [-0.1, -0.05) is 0 Å². The summed E-state index contributed by atoms with van der Waals surface area (Å²) in [6, 6.07) is 6.90. The van der Waals surface area contributed by atoms with Crippen molar-refractivity contribution in [1.82, 2.24) is 9.21 Å². The molecule has 2 fully saturated rings. The van der Waals surface area contributed by atoms with Gasteiger partial charge in [0.15, 0.2) is 0 Å². The molecule has 0 aliphatic carbocycles. The SMILES string of the molecule is CC(C)Oc1ccc(S(=O)(=O)N2CCN3CCC2C3)cc1. The predicted molar refractivity (Wildman–Crippen MR) is 80.9 cm³/mol. The van der Waals surface area contributed by atoms with Gasteiger partial charge < -0.3 is 9.64 Å². The highest BCUT2D eigenvalue weighted by Crippen LogP contribution is 2.28. The largest absolute Gasteiger partial charge is 0.491 e. The fraction of sp³-hybridized carbons (Fsp3) is 0.600. The van der Waals surface area contributed by atoms with Crippen LogP contribution in [0.5, 0.6) is 5.75 Å². The summed E-state index contributed by atoms with van der Waals surface area (Å²) >= 11 is 0. The molecular formula is C15H22N2O3S. The highest BCUT2D eigenvalue weighted by Gasteiger charge is 2.39. The Morgan fingerprint density at radius 3 is 2.52 bits per heavy atom. The minimum Gasteiger partial charge on any atom is -0.491 e. The zero-order chi connectivity index (χ0) is 15.0. The van der Waals surface area contributed by atoms with Gasteiger partial charge in [-0.05, 0) is 51.1 Å². The smallest absolute Gasteiger partial charge is 0.243 e. The van der Waals surface area contributed by atoms with Crippen molar-refractivity contribution in [3.63, 3.8) is 0 Å². The molecule has 0 spiro atoms. The number of hydrogen-bond acceptors (Lipinski definition) is 4. The van der Waals surface area contributed by atoms with E-state index in [0.717, 1.165) is 26.1 Å². The molecule has 1 aromatic carbocycles. The van der Waals surface area contributed by atoms with Gasteiger partial charge in [0, 0.05) is 25.7 Å². The standard InChI is InChI=1S/C15H22N2O3S/c1-12(2)20-14-3-5-15(6-4-14)21(18,19)17-10-9-16-8-7-13(17)11-16/h3-6,12-13H,7-11H2,1-2H3. The highest BCUT2D eigenvalue weighted by molar-refractivity contribution is 7.89. The summed E-state index contributed by atoms with van der Waals surface area (Å²) in [6.07, 6.45) is 1.02. The van der Waals surface area contributed by atoms with Gasteiger partial charge in [-0.3, -0.25) is 0 Å². The van der Waals surface area contributed by atoms with E-state index in [2.05, 4.69) is 4.90 Å². The van der Waals surface area contributed by atoms with E-state index < -0.39 is 10.0 Å². The molecule has 0 radical (unpaired) electrons. The summed E-state index contributed by atoms with van der Waals surface area (Å²) in [5, 5.41) is 0. The highest BCUT2D eigenvalue weighted by atomic mass is 32.2. The van der Waals surface area contributed by atoms with E-state index in [1.807, 2.05) is 13.8 Å². The molecular weight excluding hydrogens is 288 g/mol. The molecule has 5 nitrogen and oxygen atoms in total. The first-order valence-electron chi connectivity index (χ1n) is 7.48. The van der Waals surface area contributed by atoms with Crippen LogP contribution in [0.3, 0.4) is 0 Å². The van der Waals surface area contributed by atoms with Crippen LogP contribution in [-0.2, 0) is 10.0 Å². The lowest BCUT2D eigenvalue weighted by Crippen LogP contribution is -2.49. The van der Waals surface area contributed by atoms with E-state index in [1.165, 1.54) is 0 Å². The number of hydrogen-bond donors (Lipinski definition) is 0. The molecule has 2 atom stereocenters. The maximum absolute atomic E-state index is 12.8. The first kappa shape index (κ1) is 14.8. The monoisotopic (exact) mass is 310 g/mol. The van der Waals surface area contributed by atoms with E-state index in [0.29, 0.717) is 17.2 Å². The first-order valence-corrected chi connectivity index (χ1v) is 8.92. The van der Waals surface area contributed by atoms with Crippen LogP contribution in [0.15, 0.2) is 29.2 Å². The first-order chi connectivity index (χ1) is 9.96. The lowest BCUT2D eigenvalue weighted by Gasteiger charge is -2.33. The number of nitrogens with zero attached hydrogens (tertiary/aromatic N) is 2. The summed E-state index contributed by atoms with van der Waals surface area (Å²) in [5.74, 6) is 0.703. The van der Waals surface area contributed by atoms with Crippen LogP contribution in [0.4, 0.5) is 0 Å². The predicted octanol–water partition coefficient (Wildman–Crippen LogP) is 1.55. The van der Waals surface area contributed by atoms with Gasteiger partial charge >= 0.3 is 0 Å². The molecule has 0 saturated carbocycles. The summed E-state index contributed by atoms with van der Waals surface area (Å²) in [7, 11) is -3.39. The zero-order valence-corrected chi connectivity index (χ0v) is 13.3. The van der Waals surface area contributed by atoms with Gasteiger partial charge in [0.2, 0.25) is 10.0 Å². The minimum absolute atomic E-state index is 0.0824. The second-order valence-electron chi connectivity index (χ2n) is 6.00. The molecule has 2 aliphatic rings. The Bertz CT molecular complexity index is 598. The van der Waals surface area contributed by atoms with Crippen LogP contribution >= 0.6 is 0 Å². The maximum Gasteiger partial charge on any atom is 0.243 e. The second kappa shape index (κ2) is 5.59. The van der Waals surface area contributed by atoms with Crippen molar-refractivity contribution in [2.45, 2.75) is 37.3 Å². The number of fused-ring (bicyclic) bond motifs is 2. The van der Waals surface area contributed by atoms with Gasteiger partial charge in [0.05, 0.1) is 11.0 Å². The molecule has 21 heavy (non-hydrogen) atoms. The Balaban J connectivity index is 1.81. The van der Waals surface area contributed by atoms with Crippen molar-refractivity contribution in [3.05, 3.63) is 24.3 Å². The second-order valence-corrected chi connectivity index (χ2v) is 7.89. The normalized spacial score (nSPS) is 26.2. The third kappa shape index (κ3) is 2.93. The summed E-state index contributed by atoms with van der Waals surface area (Å²) in [4.78, 5) is 2.69. The Morgan fingerprint density at radius 2 is 1.86 bits per heavy atom. The molecule has 0 N–H and O–H groups in total. The molecule has 2 saturated heterocycles. The Hall–Kier alpha value is -1.11. The van der Waals surface area contributed by atoms with Crippen molar-refractivity contribution in [3.8, 4) is 5.75 Å². The Kier molecular flexibility index (Phi) is 3.94. The van der Waals surface area contributed by atoms with Crippen molar-refractivity contribution < 1.29 is 13.2 Å². The number of rotatable bonds is 4. The molecule has 2 aliphatic heterocycles. The van der Waals surface area contributed by atoms with Crippen LogP contribution < -0.4 is 4.74 Å². The minimum atomic E-state index is -3.39. The summed E-state index contributed by atoms with van der Waals surface area (Å²) in [6.45, 7) is 7.21. The van der Waals surface area contributed by atoms with Crippen LogP contribution in [0, 0.1) is 0 Å². The van der Waals surface area contributed by atoms with Crippen molar-refractivity contribution >= 4 is 10.0 Å². The molecule has 0 amide bonds. The van der Waals surface area contributed by atoms with Crippen molar-refractivity contribution in [2.75, 3.05) is 26.2 Å². The van der Waals surface area contributed by atoms with E-state index in [1.54, 1.807) is 28.6 Å². The van der Waals surface area contributed by atoms with Gasteiger partial charge in [0.25, 0.3) is 0 Å². The van der Waals surface area contributed by atoms with Crippen molar-refractivity contribution in [2.24, 2.45) is 0 Å². The van der Waals surface area contributed by atoms with E-state index >= 15 is 0 Å². The lowest BCUT2D eigenvalue weighted by atomic mass is 10.2. The summed E-state index contributed by atoms with van der Waals surface area (Å²) < 4.78 is 32.8. The topological polar surface area (TPSA) is 49.9 Å². The molecule has 6 heteroatoms. The lowest BCUT2D eigenvalue weighted by molar-refractivity contribution is 0.213. The third-order valence-corrected chi connectivity index (χ3v) is 6.06. The molecule has 2 heterocycles. The number of sulfonamides is 1. The molecule has 2 bridgehead atoms. The maximum atomic E-state index is 12.8. The van der Waals surface area contributed by atoms with Crippen LogP contribution in [0.25, 0.3) is 0 Å². The van der Waals surface area contributed by atoms with Gasteiger partial charge in [-0.2, -0.15) is 4.31 Å². The van der Waals surface area contributed by atoms with Crippen LogP contribution in [0.1, 0.15) is 20.3 Å². The average molecular weight is 310 g/mol. The molecule has 116 valence electrons. The van der Waals surface area contributed by atoms with Crippen molar-refractivity contribution in [1.29, 1.82) is 0 Å². The van der Waals surface area contributed by atoms with E-state index in [9.17, 15) is 8.42 Å². The van der Waals surface area contributed by atoms with E-state index in [-0.39, 0.29) is 12.1 Å². The molecule has 3 rings (SSSR count). The van der Waals surface area contributed by atoms with Gasteiger partial charge in [0.1, 0.15) is 5.75 Å². The average Bonchev–Trinajstić information content (AvgIpc) is 2.79. The summed E-state index contributed by atoms with van der Waals surface area (Å²) in [5.41, 5.74) is 0. The Labute approximate surface area is 126 Å². The Morgan fingerprint density at radius 1 is 1.14 bits per heavy atom. The fourth-order valence-electron chi connectivity index (χ4n) is 3.09. The fourth-order valence-corrected chi connectivity index (χ4v) is 4.72. The zero-order valence-electron chi connectivity index (χ0n) is 12.5. The number of ether oxygens (including phenoxy) is 1. The van der Waals surface area contributed by atoms with Gasteiger partial charge in [-0.15, -0.1) is 0 Å². The number of benzene rings is 1. The molecule has 2 unspecified atom stereocenters. The van der Waals surface area contributed by atoms with Crippen LogP contribution in [-0.4, -0.2) is 55.9 Å². The van der Waals surface area contributed by atoms with Crippen LogP contribution in [0.2, 0.25) is 0 Å². The third-order valence-electron chi connectivity index (χ3n) is 4.09. The quantitative estimate of drug-likeness (QED) is 0.847. The van der Waals surface area contributed by atoms with E-state index in [4.69, 9.17) is 4.74 Å². The van der Waals surface area contributed by atoms with Gasteiger partial charge in [-0.25, -0.2) is 8.42 Å².